The fourth-order valence-corrected chi connectivity index (χ4v) is 3.53. The molecule has 0 saturated heterocycles. The predicted molar refractivity (Wildman–Crippen MR) is 104 cm³/mol. The molecule has 0 fully saturated rings. The molecule has 7 nitrogen and oxygen atoms in total. The van der Waals surface area contributed by atoms with Crippen LogP contribution in [0.5, 0.6) is 5.75 Å². The number of sulfonamides is 1. The summed E-state index contributed by atoms with van der Waals surface area (Å²) in [6.07, 6.45) is 1.72. The van der Waals surface area contributed by atoms with Crippen LogP contribution in [0.4, 0.5) is 0 Å². The Balaban J connectivity index is 2.31. The van der Waals surface area contributed by atoms with Crippen molar-refractivity contribution in [2.24, 2.45) is 5.14 Å². The van der Waals surface area contributed by atoms with Gasteiger partial charge in [0, 0.05) is 0 Å². The highest BCUT2D eigenvalue weighted by atomic mass is 32.2. The molecule has 2 aromatic carbocycles. The van der Waals surface area contributed by atoms with Crippen LogP contribution in [0.15, 0.2) is 46.1 Å². The lowest BCUT2D eigenvalue weighted by Gasteiger charge is -2.13. The molecule has 3 rings (SSSR count). The van der Waals surface area contributed by atoms with Crippen LogP contribution in [0.1, 0.15) is 25.8 Å². The van der Waals surface area contributed by atoms with Gasteiger partial charge in [-0.1, -0.05) is 25.5 Å². The quantitative estimate of drug-likeness (QED) is 0.674. The first-order chi connectivity index (χ1) is 12.8. The van der Waals surface area contributed by atoms with Gasteiger partial charge in [-0.15, -0.1) is 0 Å². The number of hydrogen-bond acceptors (Lipinski definition) is 5. The molecule has 1 aromatic heterocycles. The number of para-hydroxylation sites is 1. The normalized spacial score (nSPS) is 11.7. The first-order valence-corrected chi connectivity index (χ1v) is 10.2. The number of fused-ring (bicyclic) bond motifs is 1. The molecule has 0 saturated carbocycles. The van der Waals surface area contributed by atoms with Gasteiger partial charge in [-0.2, -0.15) is 4.98 Å². The number of nitrogens with zero attached hydrogens (tertiary/aromatic N) is 1. The molecule has 1 heterocycles. The maximum absolute atomic E-state index is 12.6. The van der Waals surface area contributed by atoms with Gasteiger partial charge in [0.2, 0.25) is 10.0 Å². The largest absolute Gasteiger partial charge is 0.493 e. The SMILES string of the molecule is CCCc1cccc2c(=O)nc(-c3cc(S(N)(=O)=O)ccc3OCC)[nH]c12. The van der Waals surface area contributed by atoms with Crippen molar-refractivity contribution in [3.8, 4) is 17.1 Å². The summed E-state index contributed by atoms with van der Waals surface area (Å²) in [7, 11) is -3.91. The molecule has 3 aromatic rings. The van der Waals surface area contributed by atoms with Crippen molar-refractivity contribution in [3.05, 3.63) is 52.3 Å². The first-order valence-electron chi connectivity index (χ1n) is 8.67. The van der Waals surface area contributed by atoms with E-state index >= 15 is 0 Å². The molecule has 0 spiro atoms. The standard InChI is InChI=1S/C19H21N3O4S/c1-3-6-12-7-5-8-14-17(12)21-18(22-19(14)23)15-11-13(27(20,24)25)9-10-16(15)26-4-2/h5,7-11H,3-4,6H2,1-2H3,(H2,20,24,25)(H,21,22,23). The van der Waals surface area contributed by atoms with Crippen molar-refractivity contribution in [3.63, 3.8) is 0 Å². The summed E-state index contributed by atoms with van der Waals surface area (Å²) in [6.45, 7) is 4.25. The number of nitrogens with two attached hydrogens (primary N) is 1. The maximum atomic E-state index is 12.6. The number of H-pyrrole nitrogens is 1. The molecule has 0 atom stereocenters. The number of aryl methyl sites for hydroxylation is 1. The highest BCUT2D eigenvalue weighted by Crippen LogP contribution is 2.30. The monoisotopic (exact) mass is 387 g/mol. The molecule has 0 aliphatic carbocycles. The van der Waals surface area contributed by atoms with Crippen molar-refractivity contribution in [2.75, 3.05) is 6.61 Å². The minimum atomic E-state index is -3.91. The van der Waals surface area contributed by atoms with Crippen LogP contribution in [0.3, 0.4) is 0 Å². The molecule has 142 valence electrons. The van der Waals surface area contributed by atoms with E-state index in [1.54, 1.807) is 6.07 Å². The van der Waals surface area contributed by atoms with Crippen molar-refractivity contribution >= 4 is 20.9 Å². The van der Waals surface area contributed by atoms with Crippen molar-refractivity contribution < 1.29 is 13.2 Å². The van der Waals surface area contributed by atoms with E-state index in [1.165, 1.54) is 18.2 Å². The molecular formula is C19H21N3O4S. The summed E-state index contributed by atoms with van der Waals surface area (Å²) in [5.74, 6) is 0.658. The molecule has 0 aliphatic heterocycles. The summed E-state index contributed by atoms with van der Waals surface area (Å²) in [6, 6.07) is 9.75. The van der Waals surface area contributed by atoms with Gasteiger partial charge in [0.15, 0.2) is 0 Å². The number of aromatic amines is 1. The smallest absolute Gasteiger partial charge is 0.281 e. The van der Waals surface area contributed by atoms with Crippen LogP contribution < -0.4 is 15.4 Å². The molecule has 0 bridgehead atoms. The minimum Gasteiger partial charge on any atom is -0.493 e. The van der Waals surface area contributed by atoms with Gasteiger partial charge < -0.3 is 9.72 Å². The fourth-order valence-electron chi connectivity index (χ4n) is 2.99. The number of benzene rings is 2. The third-order valence-corrected chi connectivity index (χ3v) is 5.10. The Morgan fingerprint density at radius 2 is 1.96 bits per heavy atom. The van der Waals surface area contributed by atoms with Gasteiger partial charge >= 0.3 is 0 Å². The van der Waals surface area contributed by atoms with Crippen LogP contribution in [0, 0.1) is 0 Å². The maximum Gasteiger partial charge on any atom is 0.281 e. The van der Waals surface area contributed by atoms with Gasteiger partial charge in [-0.25, -0.2) is 13.6 Å². The Morgan fingerprint density at radius 1 is 1.19 bits per heavy atom. The second kappa shape index (κ2) is 7.50. The van der Waals surface area contributed by atoms with Gasteiger partial charge in [0.05, 0.1) is 28.0 Å². The Morgan fingerprint density at radius 3 is 2.63 bits per heavy atom. The third-order valence-electron chi connectivity index (χ3n) is 4.19. The molecule has 8 heteroatoms. The molecule has 0 unspecified atom stereocenters. The van der Waals surface area contributed by atoms with Crippen LogP contribution in [-0.2, 0) is 16.4 Å². The van der Waals surface area contributed by atoms with E-state index < -0.39 is 10.0 Å². The van der Waals surface area contributed by atoms with Gasteiger partial charge in [0.1, 0.15) is 11.6 Å². The minimum absolute atomic E-state index is 0.0782. The van der Waals surface area contributed by atoms with Crippen LogP contribution in [0.2, 0.25) is 0 Å². The van der Waals surface area contributed by atoms with E-state index in [9.17, 15) is 13.2 Å². The summed E-state index contributed by atoms with van der Waals surface area (Å²) in [5.41, 5.74) is 1.67. The molecule has 3 N–H and O–H groups in total. The lowest BCUT2D eigenvalue weighted by molar-refractivity contribution is 0.341. The Bertz CT molecular complexity index is 1150. The van der Waals surface area contributed by atoms with E-state index in [1.807, 2.05) is 19.1 Å². The summed E-state index contributed by atoms with van der Waals surface area (Å²) >= 11 is 0. The van der Waals surface area contributed by atoms with E-state index in [4.69, 9.17) is 9.88 Å². The average Bonchev–Trinajstić information content (AvgIpc) is 2.62. The number of aromatic nitrogens is 2. The second-order valence-corrected chi connectivity index (χ2v) is 7.68. The summed E-state index contributed by atoms with van der Waals surface area (Å²) < 4.78 is 29.1. The zero-order valence-electron chi connectivity index (χ0n) is 15.2. The van der Waals surface area contributed by atoms with Gasteiger partial charge in [0.25, 0.3) is 5.56 Å². The number of hydrogen-bond donors (Lipinski definition) is 2. The first kappa shape index (κ1) is 19.1. The number of primary sulfonamides is 1. The predicted octanol–water partition coefficient (Wildman–Crippen LogP) is 2.59. The molecule has 27 heavy (non-hydrogen) atoms. The molecule has 0 amide bonds. The zero-order chi connectivity index (χ0) is 19.6. The topological polar surface area (TPSA) is 115 Å². The Labute approximate surface area is 157 Å². The second-order valence-electron chi connectivity index (χ2n) is 6.12. The lowest BCUT2D eigenvalue weighted by atomic mass is 10.1. The Kier molecular flexibility index (Phi) is 5.29. The third kappa shape index (κ3) is 3.86. The molecular weight excluding hydrogens is 366 g/mol. The fraction of sp³-hybridized carbons (Fsp3) is 0.263. The van der Waals surface area contributed by atoms with Crippen molar-refractivity contribution in [1.82, 2.24) is 9.97 Å². The van der Waals surface area contributed by atoms with Crippen LogP contribution in [0.25, 0.3) is 22.3 Å². The number of nitrogens with one attached hydrogen (secondary N) is 1. The van der Waals surface area contributed by atoms with E-state index in [-0.39, 0.29) is 16.3 Å². The van der Waals surface area contributed by atoms with E-state index in [0.717, 1.165) is 18.4 Å². The number of ether oxygens (including phenoxy) is 1. The van der Waals surface area contributed by atoms with Gasteiger partial charge in [-0.3, -0.25) is 4.79 Å². The summed E-state index contributed by atoms with van der Waals surface area (Å²) in [4.78, 5) is 19.8. The molecule has 0 radical (unpaired) electrons. The average molecular weight is 387 g/mol. The highest BCUT2D eigenvalue weighted by Gasteiger charge is 2.17. The van der Waals surface area contributed by atoms with Crippen molar-refractivity contribution in [2.45, 2.75) is 31.6 Å². The number of rotatable bonds is 6. The van der Waals surface area contributed by atoms with Crippen LogP contribution in [-0.4, -0.2) is 25.0 Å². The van der Waals surface area contributed by atoms with E-state index in [2.05, 4.69) is 16.9 Å². The summed E-state index contributed by atoms with van der Waals surface area (Å²) in [5, 5.41) is 5.74. The van der Waals surface area contributed by atoms with Crippen LogP contribution >= 0.6 is 0 Å². The van der Waals surface area contributed by atoms with Crippen molar-refractivity contribution in [1.29, 1.82) is 0 Å². The van der Waals surface area contributed by atoms with E-state index in [0.29, 0.717) is 28.8 Å². The highest BCUT2D eigenvalue weighted by molar-refractivity contribution is 7.89. The zero-order valence-corrected chi connectivity index (χ0v) is 16.0. The Hall–Kier alpha value is -2.71. The molecule has 0 aliphatic rings. The lowest BCUT2D eigenvalue weighted by Crippen LogP contribution is -2.14. The van der Waals surface area contributed by atoms with Gasteiger partial charge in [-0.05, 0) is 43.2 Å².